The van der Waals surface area contributed by atoms with E-state index in [0.717, 1.165) is 25.1 Å². The van der Waals surface area contributed by atoms with Gasteiger partial charge in [-0.25, -0.2) is 8.78 Å². The third-order valence-corrected chi connectivity index (χ3v) is 3.67. The number of methoxy groups -OCH3 is 1. The van der Waals surface area contributed by atoms with Gasteiger partial charge in [-0.15, -0.1) is 0 Å². The maximum absolute atomic E-state index is 13.2. The Balaban J connectivity index is 2.01. The average Bonchev–Trinajstić information content (AvgIpc) is 2.82. The Labute approximate surface area is 107 Å². The highest BCUT2D eigenvalue weighted by Gasteiger charge is 2.27. The topological polar surface area (TPSA) is 12.5 Å². The molecular weight excluding hydrogens is 236 g/mol. The van der Waals surface area contributed by atoms with Gasteiger partial charge in [-0.1, -0.05) is 6.07 Å². The van der Waals surface area contributed by atoms with E-state index < -0.39 is 11.6 Å². The molecule has 1 aromatic rings. The van der Waals surface area contributed by atoms with Gasteiger partial charge in [-0.2, -0.15) is 0 Å². The van der Waals surface area contributed by atoms with E-state index in [9.17, 15) is 8.78 Å². The molecule has 2 nitrogen and oxygen atoms in total. The lowest BCUT2D eigenvalue weighted by atomic mass is 9.98. The molecular formula is C14H19F2NO. The van der Waals surface area contributed by atoms with Crippen molar-refractivity contribution in [2.75, 3.05) is 26.8 Å². The van der Waals surface area contributed by atoms with E-state index in [-0.39, 0.29) is 0 Å². The molecule has 2 atom stereocenters. The van der Waals surface area contributed by atoms with Gasteiger partial charge in [0.25, 0.3) is 0 Å². The molecule has 1 saturated heterocycles. The molecule has 100 valence electrons. The second-order valence-electron chi connectivity index (χ2n) is 4.96. The van der Waals surface area contributed by atoms with Gasteiger partial charge >= 0.3 is 0 Å². The van der Waals surface area contributed by atoms with Crippen molar-refractivity contribution in [3.63, 3.8) is 0 Å². The van der Waals surface area contributed by atoms with Crippen LogP contribution in [0.3, 0.4) is 0 Å². The van der Waals surface area contributed by atoms with E-state index in [1.807, 2.05) is 0 Å². The third kappa shape index (κ3) is 2.87. The van der Waals surface area contributed by atoms with Crippen LogP contribution in [-0.2, 0) is 4.74 Å². The van der Waals surface area contributed by atoms with Crippen LogP contribution in [0.1, 0.15) is 24.8 Å². The molecule has 0 aliphatic carbocycles. The van der Waals surface area contributed by atoms with Crippen molar-refractivity contribution in [2.45, 2.75) is 25.3 Å². The quantitative estimate of drug-likeness (QED) is 0.820. The van der Waals surface area contributed by atoms with Crippen molar-refractivity contribution >= 4 is 0 Å². The summed E-state index contributed by atoms with van der Waals surface area (Å²) in [6.07, 6.45) is 0.985. The highest BCUT2D eigenvalue weighted by atomic mass is 19.2. The second-order valence-corrected chi connectivity index (χ2v) is 4.96. The van der Waals surface area contributed by atoms with Gasteiger partial charge < -0.3 is 4.74 Å². The predicted octanol–water partition coefficient (Wildman–Crippen LogP) is 2.79. The number of hydrogen-bond donors (Lipinski definition) is 0. The molecule has 1 aromatic carbocycles. The van der Waals surface area contributed by atoms with E-state index in [2.05, 4.69) is 11.8 Å². The summed E-state index contributed by atoms with van der Waals surface area (Å²) in [7, 11) is 1.69. The summed E-state index contributed by atoms with van der Waals surface area (Å²) in [6.45, 7) is 4.69. The van der Waals surface area contributed by atoms with Gasteiger partial charge in [0, 0.05) is 19.7 Å². The lowest BCUT2D eigenvalue weighted by molar-refractivity contribution is 0.114. The van der Waals surface area contributed by atoms with E-state index in [1.165, 1.54) is 12.1 Å². The molecule has 0 radical (unpaired) electrons. The summed E-state index contributed by atoms with van der Waals surface area (Å²) >= 11 is 0. The fourth-order valence-corrected chi connectivity index (χ4v) is 2.57. The van der Waals surface area contributed by atoms with Crippen LogP contribution in [0.5, 0.6) is 0 Å². The molecule has 2 unspecified atom stereocenters. The maximum Gasteiger partial charge on any atom is 0.159 e. The lowest BCUT2D eigenvalue weighted by Gasteiger charge is -2.23. The smallest absolute Gasteiger partial charge is 0.159 e. The summed E-state index contributed by atoms with van der Waals surface area (Å²) in [4.78, 5) is 2.33. The molecule has 2 rings (SSSR count). The monoisotopic (exact) mass is 255 g/mol. The van der Waals surface area contributed by atoms with Crippen molar-refractivity contribution in [3.05, 3.63) is 35.4 Å². The molecule has 0 bridgehead atoms. The first-order valence-electron chi connectivity index (χ1n) is 6.29. The molecule has 1 fully saturated rings. The first-order valence-corrected chi connectivity index (χ1v) is 6.29. The molecule has 4 heteroatoms. The highest BCUT2D eigenvalue weighted by Crippen LogP contribution is 2.29. The minimum absolute atomic E-state index is 0.291. The molecule has 1 aliphatic rings. The van der Waals surface area contributed by atoms with E-state index in [1.54, 1.807) is 13.2 Å². The Bertz CT molecular complexity index is 411. The van der Waals surface area contributed by atoms with Crippen LogP contribution in [0.25, 0.3) is 0 Å². The summed E-state index contributed by atoms with van der Waals surface area (Å²) in [5.74, 6) is -1.24. The minimum Gasteiger partial charge on any atom is -0.383 e. The standard InChI is InChI=1S/C14H19F2NO/c1-10(9-18-2)17-6-5-12(8-17)11-3-4-13(15)14(16)7-11/h3-4,7,10,12H,5-6,8-9H2,1-2H3. The van der Waals surface area contributed by atoms with Gasteiger partial charge in [0.15, 0.2) is 11.6 Å². The van der Waals surface area contributed by atoms with Gasteiger partial charge in [0.2, 0.25) is 0 Å². The molecule has 0 aromatic heterocycles. The Hall–Kier alpha value is -1.00. The number of hydrogen-bond acceptors (Lipinski definition) is 2. The predicted molar refractivity (Wildman–Crippen MR) is 66.6 cm³/mol. The van der Waals surface area contributed by atoms with E-state index in [4.69, 9.17) is 4.74 Å². The Morgan fingerprint density at radius 1 is 1.39 bits per heavy atom. The Kier molecular flexibility index (Phi) is 4.30. The number of ether oxygens (including phenoxy) is 1. The van der Waals surface area contributed by atoms with Crippen LogP contribution in [0, 0.1) is 11.6 Å². The van der Waals surface area contributed by atoms with Crippen molar-refractivity contribution in [1.82, 2.24) is 4.90 Å². The second kappa shape index (κ2) is 5.76. The average molecular weight is 255 g/mol. The van der Waals surface area contributed by atoms with E-state index in [0.29, 0.717) is 18.6 Å². The molecule has 1 aliphatic heterocycles. The van der Waals surface area contributed by atoms with Gasteiger partial charge in [-0.05, 0) is 43.5 Å². The van der Waals surface area contributed by atoms with Gasteiger partial charge in [-0.3, -0.25) is 4.90 Å². The zero-order valence-electron chi connectivity index (χ0n) is 10.8. The number of likely N-dealkylation sites (tertiary alicyclic amines) is 1. The van der Waals surface area contributed by atoms with E-state index >= 15 is 0 Å². The third-order valence-electron chi connectivity index (χ3n) is 3.67. The van der Waals surface area contributed by atoms with Crippen molar-refractivity contribution in [3.8, 4) is 0 Å². The first-order chi connectivity index (χ1) is 8.61. The molecule has 0 spiro atoms. The van der Waals surface area contributed by atoms with Gasteiger partial charge in [0.1, 0.15) is 0 Å². The summed E-state index contributed by atoms with van der Waals surface area (Å²) in [6, 6.07) is 4.59. The molecule has 18 heavy (non-hydrogen) atoms. The van der Waals surface area contributed by atoms with Crippen molar-refractivity contribution in [2.24, 2.45) is 0 Å². The van der Waals surface area contributed by atoms with Gasteiger partial charge in [0.05, 0.1) is 6.61 Å². The summed E-state index contributed by atoms with van der Waals surface area (Å²) < 4.78 is 31.2. The van der Waals surface area contributed by atoms with Crippen molar-refractivity contribution < 1.29 is 13.5 Å². The first kappa shape index (κ1) is 13.4. The van der Waals surface area contributed by atoms with Crippen LogP contribution in [0.2, 0.25) is 0 Å². The Morgan fingerprint density at radius 2 is 2.17 bits per heavy atom. The fraction of sp³-hybridized carbons (Fsp3) is 0.571. The fourth-order valence-electron chi connectivity index (χ4n) is 2.57. The summed E-state index contributed by atoms with van der Waals surface area (Å²) in [5.41, 5.74) is 0.890. The number of nitrogens with zero attached hydrogens (tertiary/aromatic N) is 1. The lowest BCUT2D eigenvalue weighted by Crippen LogP contribution is -2.34. The van der Waals surface area contributed by atoms with Crippen molar-refractivity contribution in [1.29, 1.82) is 0 Å². The Morgan fingerprint density at radius 3 is 2.83 bits per heavy atom. The molecule has 0 N–H and O–H groups in total. The number of rotatable bonds is 4. The van der Waals surface area contributed by atoms with Crippen LogP contribution in [0.15, 0.2) is 18.2 Å². The van der Waals surface area contributed by atoms with Crippen LogP contribution in [-0.4, -0.2) is 37.7 Å². The largest absolute Gasteiger partial charge is 0.383 e. The maximum atomic E-state index is 13.2. The molecule has 0 saturated carbocycles. The number of benzene rings is 1. The van der Waals surface area contributed by atoms with Crippen LogP contribution < -0.4 is 0 Å². The highest BCUT2D eigenvalue weighted by molar-refractivity contribution is 5.23. The van der Waals surface area contributed by atoms with Crippen LogP contribution in [0.4, 0.5) is 8.78 Å². The number of halogens is 2. The molecule has 0 amide bonds. The SMILES string of the molecule is COCC(C)N1CCC(c2ccc(F)c(F)c2)C1. The zero-order valence-corrected chi connectivity index (χ0v) is 10.8. The summed E-state index contributed by atoms with van der Waals surface area (Å²) in [5, 5.41) is 0. The normalized spacial score (nSPS) is 22.3. The minimum atomic E-state index is -0.777. The van der Waals surface area contributed by atoms with Crippen LogP contribution >= 0.6 is 0 Å². The zero-order chi connectivity index (χ0) is 13.1. The molecule has 1 heterocycles.